The van der Waals surface area contributed by atoms with Crippen LogP contribution in [0.2, 0.25) is 0 Å². The molecule has 27 heavy (non-hydrogen) atoms. The molecule has 0 saturated heterocycles. The summed E-state index contributed by atoms with van der Waals surface area (Å²) in [6, 6.07) is 8.09. The van der Waals surface area contributed by atoms with Crippen LogP contribution >= 0.6 is 0 Å². The van der Waals surface area contributed by atoms with Gasteiger partial charge in [-0.25, -0.2) is 0 Å². The number of para-hydroxylation sites is 2. The highest BCUT2D eigenvalue weighted by molar-refractivity contribution is 5.39. The Morgan fingerprint density at radius 1 is 0.815 bits per heavy atom. The lowest BCUT2D eigenvalue weighted by atomic mass is 10.0. The van der Waals surface area contributed by atoms with Crippen molar-refractivity contribution in [3.05, 3.63) is 36.9 Å². The molecule has 2 nitrogen and oxygen atoms in total. The van der Waals surface area contributed by atoms with Crippen LogP contribution in [0.4, 0.5) is 0 Å². The van der Waals surface area contributed by atoms with Gasteiger partial charge >= 0.3 is 0 Å². The standard InChI is InChI=1S/C25H42O2/c1-4-6-7-8-9-10-11-16-21-26-24-19-14-15-20-25(24)27-22-17-12-13-18-23(3)5-2/h4,14-15,19-20,23H,1,5-13,16-18,21-22H2,2-3H3. The van der Waals surface area contributed by atoms with Gasteiger partial charge in [0.15, 0.2) is 11.5 Å². The maximum atomic E-state index is 5.97. The van der Waals surface area contributed by atoms with Gasteiger partial charge in [0.2, 0.25) is 0 Å². The van der Waals surface area contributed by atoms with Crippen LogP contribution in [0.15, 0.2) is 36.9 Å². The molecule has 0 fully saturated rings. The summed E-state index contributed by atoms with van der Waals surface area (Å²) < 4.78 is 11.9. The van der Waals surface area contributed by atoms with Crippen LogP contribution in [-0.4, -0.2) is 13.2 Å². The van der Waals surface area contributed by atoms with E-state index in [-0.39, 0.29) is 0 Å². The predicted octanol–water partition coefficient (Wildman–Crippen LogP) is 7.97. The third kappa shape index (κ3) is 12.5. The molecule has 1 unspecified atom stereocenters. The number of hydrogen-bond acceptors (Lipinski definition) is 2. The van der Waals surface area contributed by atoms with Gasteiger partial charge in [0.1, 0.15) is 0 Å². The van der Waals surface area contributed by atoms with E-state index in [1.165, 1.54) is 57.8 Å². The molecule has 0 amide bonds. The average molecular weight is 375 g/mol. The minimum absolute atomic E-state index is 0.780. The molecule has 0 saturated carbocycles. The molecular formula is C25H42O2. The molecule has 0 radical (unpaired) electrons. The second-order valence-electron chi connectivity index (χ2n) is 7.71. The van der Waals surface area contributed by atoms with Crippen molar-refractivity contribution in [2.45, 2.75) is 90.9 Å². The Morgan fingerprint density at radius 2 is 1.33 bits per heavy atom. The first kappa shape index (κ1) is 23.6. The lowest BCUT2D eigenvalue weighted by Gasteiger charge is -2.13. The van der Waals surface area contributed by atoms with E-state index in [1.54, 1.807) is 0 Å². The van der Waals surface area contributed by atoms with E-state index in [4.69, 9.17) is 9.47 Å². The summed E-state index contributed by atoms with van der Waals surface area (Å²) in [7, 11) is 0. The van der Waals surface area contributed by atoms with Crippen LogP contribution in [0, 0.1) is 5.92 Å². The van der Waals surface area contributed by atoms with Crippen molar-refractivity contribution in [3.8, 4) is 11.5 Å². The molecule has 0 spiro atoms. The summed E-state index contributed by atoms with van der Waals surface area (Å²) >= 11 is 0. The number of allylic oxidation sites excluding steroid dienone is 1. The van der Waals surface area contributed by atoms with E-state index in [2.05, 4.69) is 20.4 Å². The Labute approximate surface area is 168 Å². The lowest BCUT2D eigenvalue weighted by molar-refractivity contribution is 0.258. The Kier molecular flexibility index (Phi) is 14.6. The Balaban J connectivity index is 2.11. The Bertz CT molecular complexity index is 469. The van der Waals surface area contributed by atoms with E-state index in [0.717, 1.165) is 49.9 Å². The zero-order valence-electron chi connectivity index (χ0n) is 17.9. The molecule has 0 N–H and O–H groups in total. The van der Waals surface area contributed by atoms with E-state index >= 15 is 0 Å². The van der Waals surface area contributed by atoms with Crippen LogP contribution < -0.4 is 9.47 Å². The van der Waals surface area contributed by atoms with Crippen molar-refractivity contribution in [1.82, 2.24) is 0 Å². The SMILES string of the molecule is C=CCCCCCCCCOc1ccccc1OCCCCCC(C)CC. The minimum Gasteiger partial charge on any atom is -0.490 e. The summed E-state index contributed by atoms with van der Waals surface area (Å²) in [6.45, 7) is 9.95. The van der Waals surface area contributed by atoms with Crippen molar-refractivity contribution >= 4 is 0 Å². The normalized spacial score (nSPS) is 11.9. The smallest absolute Gasteiger partial charge is 0.161 e. The molecule has 1 rings (SSSR count). The van der Waals surface area contributed by atoms with Crippen LogP contribution in [0.3, 0.4) is 0 Å². The quantitative estimate of drug-likeness (QED) is 0.191. The third-order valence-corrected chi connectivity index (χ3v) is 5.21. The highest BCUT2D eigenvalue weighted by Crippen LogP contribution is 2.27. The van der Waals surface area contributed by atoms with Gasteiger partial charge in [-0.2, -0.15) is 0 Å². The van der Waals surface area contributed by atoms with E-state index in [9.17, 15) is 0 Å². The second-order valence-corrected chi connectivity index (χ2v) is 7.71. The lowest BCUT2D eigenvalue weighted by Crippen LogP contribution is -2.03. The number of benzene rings is 1. The zero-order chi connectivity index (χ0) is 19.6. The Morgan fingerprint density at radius 3 is 1.89 bits per heavy atom. The van der Waals surface area contributed by atoms with Gasteiger partial charge in [-0.05, 0) is 43.7 Å². The van der Waals surface area contributed by atoms with Crippen LogP contribution in [0.25, 0.3) is 0 Å². The molecule has 1 aromatic rings. The molecule has 1 aromatic carbocycles. The summed E-state index contributed by atoms with van der Waals surface area (Å²) in [6.07, 6.45) is 17.1. The first-order valence-corrected chi connectivity index (χ1v) is 11.2. The van der Waals surface area contributed by atoms with Crippen LogP contribution in [0.1, 0.15) is 90.9 Å². The average Bonchev–Trinajstić information content (AvgIpc) is 2.70. The molecule has 0 bridgehead atoms. The van der Waals surface area contributed by atoms with Crippen LogP contribution in [0.5, 0.6) is 11.5 Å². The van der Waals surface area contributed by atoms with Gasteiger partial charge in [-0.1, -0.05) is 83.4 Å². The maximum Gasteiger partial charge on any atom is 0.161 e. The number of hydrogen-bond donors (Lipinski definition) is 0. The molecule has 0 aromatic heterocycles. The molecular weight excluding hydrogens is 332 g/mol. The zero-order valence-corrected chi connectivity index (χ0v) is 17.9. The van der Waals surface area contributed by atoms with Crippen molar-refractivity contribution in [2.24, 2.45) is 5.92 Å². The number of rotatable bonds is 18. The predicted molar refractivity (Wildman–Crippen MR) is 118 cm³/mol. The van der Waals surface area contributed by atoms with E-state index in [0.29, 0.717) is 0 Å². The molecule has 1 atom stereocenters. The molecule has 0 aliphatic rings. The largest absolute Gasteiger partial charge is 0.490 e. The van der Waals surface area contributed by atoms with Crippen LogP contribution in [-0.2, 0) is 0 Å². The number of unbranched alkanes of at least 4 members (excludes halogenated alkanes) is 8. The van der Waals surface area contributed by atoms with Gasteiger partial charge in [0.25, 0.3) is 0 Å². The van der Waals surface area contributed by atoms with Crippen molar-refractivity contribution < 1.29 is 9.47 Å². The Hall–Kier alpha value is -1.44. The van der Waals surface area contributed by atoms with Crippen molar-refractivity contribution in [3.63, 3.8) is 0 Å². The summed E-state index contributed by atoms with van der Waals surface area (Å²) in [5.41, 5.74) is 0. The second kappa shape index (κ2) is 16.7. The first-order chi connectivity index (χ1) is 13.3. The molecule has 0 aliphatic heterocycles. The summed E-state index contributed by atoms with van der Waals surface area (Å²) in [5, 5.41) is 0. The van der Waals surface area contributed by atoms with Crippen molar-refractivity contribution in [2.75, 3.05) is 13.2 Å². The number of ether oxygens (including phenoxy) is 2. The molecule has 0 aliphatic carbocycles. The maximum absolute atomic E-state index is 5.97. The van der Waals surface area contributed by atoms with Gasteiger partial charge in [0.05, 0.1) is 13.2 Å². The third-order valence-electron chi connectivity index (χ3n) is 5.21. The van der Waals surface area contributed by atoms with Gasteiger partial charge in [-0.15, -0.1) is 6.58 Å². The monoisotopic (exact) mass is 374 g/mol. The van der Waals surface area contributed by atoms with Gasteiger partial charge in [0, 0.05) is 0 Å². The van der Waals surface area contributed by atoms with E-state index in [1.807, 2.05) is 30.3 Å². The fraction of sp³-hybridized carbons (Fsp3) is 0.680. The first-order valence-electron chi connectivity index (χ1n) is 11.2. The molecule has 0 heterocycles. The van der Waals surface area contributed by atoms with Gasteiger partial charge in [-0.3, -0.25) is 0 Å². The fourth-order valence-corrected chi connectivity index (χ4v) is 3.13. The summed E-state index contributed by atoms with van der Waals surface area (Å²) in [4.78, 5) is 0. The van der Waals surface area contributed by atoms with Gasteiger partial charge < -0.3 is 9.47 Å². The van der Waals surface area contributed by atoms with Crippen molar-refractivity contribution in [1.29, 1.82) is 0 Å². The topological polar surface area (TPSA) is 18.5 Å². The molecule has 2 heteroatoms. The summed E-state index contributed by atoms with van der Waals surface area (Å²) in [5.74, 6) is 2.64. The molecule has 154 valence electrons. The minimum atomic E-state index is 0.780. The fourth-order valence-electron chi connectivity index (χ4n) is 3.13. The highest BCUT2D eigenvalue weighted by Gasteiger charge is 2.04. The van der Waals surface area contributed by atoms with E-state index < -0.39 is 0 Å². The highest BCUT2D eigenvalue weighted by atomic mass is 16.5.